The Morgan fingerprint density at radius 3 is 2.53 bits per heavy atom. The zero-order valence-electron chi connectivity index (χ0n) is 21.8. The smallest absolute Gasteiger partial charge is 0.247 e. The summed E-state index contributed by atoms with van der Waals surface area (Å²) in [5.41, 5.74) is 1.50. The second-order valence-corrected chi connectivity index (χ2v) is 9.30. The highest BCUT2D eigenvalue weighted by Crippen LogP contribution is 2.33. The van der Waals surface area contributed by atoms with Crippen LogP contribution in [0.25, 0.3) is 11.0 Å². The molecule has 36 heavy (non-hydrogen) atoms. The summed E-state index contributed by atoms with van der Waals surface area (Å²) in [6.07, 6.45) is 0. The molecule has 1 atom stereocenters. The zero-order valence-corrected chi connectivity index (χ0v) is 21.8. The van der Waals surface area contributed by atoms with Crippen LogP contribution in [0.4, 0.5) is 0 Å². The van der Waals surface area contributed by atoms with E-state index in [1.807, 2.05) is 52.0 Å². The van der Waals surface area contributed by atoms with E-state index in [2.05, 4.69) is 15.6 Å². The number of nitrogens with one attached hydrogen (secondary N) is 1. The molecule has 0 aliphatic rings. The van der Waals surface area contributed by atoms with E-state index < -0.39 is 11.6 Å². The van der Waals surface area contributed by atoms with E-state index in [9.17, 15) is 9.59 Å². The molecular formula is C26H35N5O5. The Balaban J connectivity index is 2.04. The van der Waals surface area contributed by atoms with E-state index in [0.717, 1.165) is 5.52 Å². The molecule has 1 aromatic heterocycles. The molecule has 1 N–H and O–H groups in total. The van der Waals surface area contributed by atoms with Gasteiger partial charge in [0.25, 0.3) is 0 Å². The fourth-order valence-electron chi connectivity index (χ4n) is 3.88. The van der Waals surface area contributed by atoms with Crippen LogP contribution in [0.15, 0.2) is 42.5 Å². The molecule has 0 saturated heterocycles. The van der Waals surface area contributed by atoms with E-state index in [1.165, 1.54) is 16.7 Å². The molecule has 194 valence electrons. The van der Waals surface area contributed by atoms with Crippen LogP contribution in [0.5, 0.6) is 11.5 Å². The van der Waals surface area contributed by atoms with Crippen LogP contribution in [0.2, 0.25) is 0 Å². The third-order valence-electron chi connectivity index (χ3n) is 5.42. The number of nitrogens with zero attached hydrogens (tertiary/aromatic N) is 4. The monoisotopic (exact) mass is 497 g/mol. The van der Waals surface area contributed by atoms with Gasteiger partial charge < -0.3 is 24.4 Å². The zero-order chi connectivity index (χ0) is 26.3. The summed E-state index contributed by atoms with van der Waals surface area (Å²) >= 11 is 0. The highest BCUT2D eigenvalue weighted by atomic mass is 16.5. The second kappa shape index (κ2) is 11.9. The van der Waals surface area contributed by atoms with Gasteiger partial charge in [0.05, 0.1) is 25.8 Å². The summed E-state index contributed by atoms with van der Waals surface area (Å²) in [6, 6.07) is 11.7. The first kappa shape index (κ1) is 26.9. The van der Waals surface area contributed by atoms with Crippen molar-refractivity contribution < 1.29 is 23.8 Å². The SMILES string of the molecule is CCOc1ccc([C@H](C(=O)NC(C)(C)C)N(CCOC)C(=O)Cn2nnc3ccccc32)cc1OC. The number of aromatic nitrogens is 3. The molecule has 0 fully saturated rings. The molecule has 10 heteroatoms. The van der Waals surface area contributed by atoms with Crippen LogP contribution in [0, 0.1) is 0 Å². The van der Waals surface area contributed by atoms with Crippen molar-refractivity contribution in [2.45, 2.75) is 45.8 Å². The normalized spacial score (nSPS) is 12.3. The van der Waals surface area contributed by atoms with E-state index in [4.69, 9.17) is 14.2 Å². The average Bonchev–Trinajstić information content (AvgIpc) is 3.24. The molecule has 3 rings (SSSR count). The van der Waals surface area contributed by atoms with Gasteiger partial charge in [0.2, 0.25) is 11.8 Å². The maximum absolute atomic E-state index is 13.7. The first-order chi connectivity index (χ1) is 17.2. The molecule has 2 aromatic carbocycles. The molecule has 0 radical (unpaired) electrons. The number of hydrogen-bond donors (Lipinski definition) is 1. The lowest BCUT2D eigenvalue weighted by molar-refractivity contribution is -0.142. The van der Waals surface area contributed by atoms with Gasteiger partial charge in [-0.05, 0) is 57.5 Å². The van der Waals surface area contributed by atoms with Crippen LogP contribution in [-0.2, 0) is 20.9 Å². The second-order valence-electron chi connectivity index (χ2n) is 9.30. The Kier molecular flexibility index (Phi) is 8.87. The molecule has 0 aliphatic carbocycles. The van der Waals surface area contributed by atoms with Gasteiger partial charge in [-0.1, -0.05) is 23.4 Å². The van der Waals surface area contributed by atoms with Crippen molar-refractivity contribution in [3.63, 3.8) is 0 Å². The maximum atomic E-state index is 13.7. The number of rotatable bonds is 11. The van der Waals surface area contributed by atoms with Crippen molar-refractivity contribution >= 4 is 22.8 Å². The van der Waals surface area contributed by atoms with Gasteiger partial charge in [0, 0.05) is 19.2 Å². The van der Waals surface area contributed by atoms with E-state index in [0.29, 0.717) is 29.2 Å². The van der Waals surface area contributed by atoms with Gasteiger partial charge >= 0.3 is 0 Å². The Labute approximate surface area is 211 Å². The Bertz CT molecular complexity index is 1190. The van der Waals surface area contributed by atoms with Gasteiger partial charge in [-0.2, -0.15) is 0 Å². The number of benzene rings is 2. The minimum Gasteiger partial charge on any atom is -0.493 e. The lowest BCUT2D eigenvalue weighted by atomic mass is 10.0. The highest BCUT2D eigenvalue weighted by molar-refractivity contribution is 5.89. The summed E-state index contributed by atoms with van der Waals surface area (Å²) in [5, 5.41) is 11.3. The van der Waals surface area contributed by atoms with Gasteiger partial charge in [-0.25, -0.2) is 4.68 Å². The number of fused-ring (bicyclic) bond motifs is 1. The molecule has 1 heterocycles. The first-order valence-electron chi connectivity index (χ1n) is 11.9. The minimum atomic E-state index is -0.939. The molecule has 0 bridgehead atoms. The van der Waals surface area contributed by atoms with Crippen molar-refractivity contribution in [1.29, 1.82) is 0 Å². The van der Waals surface area contributed by atoms with E-state index in [-0.39, 0.29) is 31.5 Å². The standard InChI is InChI=1S/C26H35N5O5/c1-7-36-21-13-12-18(16-22(21)35-6)24(25(33)27-26(2,3)4)30(14-15-34-5)23(32)17-31-20-11-9-8-10-19(20)28-29-31/h8-13,16,24H,7,14-15,17H2,1-6H3,(H,27,33)/t24-/m1/s1. The number of para-hydroxylation sites is 1. The van der Waals surface area contributed by atoms with Gasteiger partial charge in [-0.15, -0.1) is 5.10 Å². The highest BCUT2D eigenvalue weighted by Gasteiger charge is 2.34. The van der Waals surface area contributed by atoms with Crippen molar-refractivity contribution in [2.75, 3.05) is 34.0 Å². The largest absolute Gasteiger partial charge is 0.493 e. The van der Waals surface area contributed by atoms with Gasteiger partial charge in [0.1, 0.15) is 18.1 Å². The van der Waals surface area contributed by atoms with Gasteiger partial charge in [-0.3, -0.25) is 9.59 Å². The number of methoxy groups -OCH3 is 2. The van der Waals surface area contributed by atoms with Crippen LogP contribution in [-0.4, -0.2) is 71.2 Å². The summed E-state index contributed by atoms with van der Waals surface area (Å²) in [4.78, 5) is 28.9. The number of carbonyl (C=O) groups excluding carboxylic acids is 2. The van der Waals surface area contributed by atoms with Crippen molar-refractivity contribution in [1.82, 2.24) is 25.2 Å². The number of carbonyl (C=O) groups is 2. The number of hydrogen-bond acceptors (Lipinski definition) is 7. The van der Waals surface area contributed by atoms with Crippen LogP contribution in [0.1, 0.15) is 39.3 Å². The molecule has 0 spiro atoms. The molecule has 2 amide bonds. The molecule has 10 nitrogen and oxygen atoms in total. The lowest BCUT2D eigenvalue weighted by Crippen LogP contribution is -2.50. The summed E-state index contributed by atoms with van der Waals surface area (Å²) in [7, 11) is 3.09. The van der Waals surface area contributed by atoms with Gasteiger partial charge in [0.15, 0.2) is 11.5 Å². The number of amides is 2. The Morgan fingerprint density at radius 1 is 1.11 bits per heavy atom. The van der Waals surface area contributed by atoms with Crippen molar-refractivity contribution in [3.05, 3.63) is 48.0 Å². The topological polar surface area (TPSA) is 108 Å². The first-order valence-corrected chi connectivity index (χ1v) is 11.9. The predicted molar refractivity (Wildman–Crippen MR) is 136 cm³/mol. The lowest BCUT2D eigenvalue weighted by Gasteiger charge is -2.34. The molecule has 0 unspecified atom stereocenters. The Hall–Kier alpha value is -3.66. The number of ether oxygens (including phenoxy) is 3. The fraction of sp³-hybridized carbons (Fsp3) is 0.462. The molecule has 3 aromatic rings. The van der Waals surface area contributed by atoms with Crippen LogP contribution >= 0.6 is 0 Å². The third kappa shape index (κ3) is 6.51. The average molecular weight is 498 g/mol. The Morgan fingerprint density at radius 2 is 1.86 bits per heavy atom. The van der Waals surface area contributed by atoms with Crippen molar-refractivity contribution in [3.8, 4) is 11.5 Å². The van der Waals surface area contributed by atoms with Crippen LogP contribution in [0.3, 0.4) is 0 Å². The molecule has 0 aliphatic heterocycles. The van der Waals surface area contributed by atoms with Crippen molar-refractivity contribution in [2.24, 2.45) is 0 Å². The quantitative estimate of drug-likeness (QED) is 0.434. The van der Waals surface area contributed by atoms with Crippen LogP contribution < -0.4 is 14.8 Å². The fourth-order valence-corrected chi connectivity index (χ4v) is 3.88. The maximum Gasteiger partial charge on any atom is 0.247 e. The summed E-state index contributed by atoms with van der Waals surface area (Å²) < 4.78 is 18.0. The summed E-state index contributed by atoms with van der Waals surface area (Å²) in [6.45, 7) is 8.38. The third-order valence-corrected chi connectivity index (χ3v) is 5.42. The minimum absolute atomic E-state index is 0.0856. The van der Waals surface area contributed by atoms with E-state index in [1.54, 1.807) is 25.3 Å². The van der Waals surface area contributed by atoms with E-state index >= 15 is 0 Å². The molecular weight excluding hydrogens is 462 g/mol. The predicted octanol–water partition coefficient (Wildman–Crippen LogP) is 2.97. The summed E-state index contributed by atoms with van der Waals surface area (Å²) in [5.74, 6) is 0.415. The molecule has 0 saturated carbocycles.